The lowest BCUT2D eigenvalue weighted by Crippen LogP contribution is -2.39. The van der Waals surface area contributed by atoms with Crippen LogP contribution in [-0.2, 0) is 7.05 Å². The third-order valence-electron chi connectivity index (χ3n) is 2.97. The molecule has 3 unspecified atom stereocenters. The summed E-state index contributed by atoms with van der Waals surface area (Å²) in [5.41, 5.74) is 6.83. The molecule has 0 aromatic carbocycles. The maximum Gasteiger partial charge on any atom is 0.0538 e. The van der Waals surface area contributed by atoms with Gasteiger partial charge < -0.3 is 16.2 Å². The van der Waals surface area contributed by atoms with Gasteiger partial charge in [-0.15, -0.1) is 0 Å². The molecule has 1 rings (SSSR count). The van der Waals surface area contributed by atoms with E-state index in [1.165, 1.54) is 0 Å². The quantitative estimate of drug-likeness (QED) is 0.639. The standard InChI is InChI=1S/C11H22N4O/c1-8(7-16)9(2)14-11(4-12)10-5-13-15(3)6-10/h5-6,8-9,11,14,16H,4,7,12H2,1-3H3. The predicted octanol–water partition coefficient (Wildman–Crippen LogP) is 0.0264. The van der Waals surface area contributed by atoms with Gasteiger partial charge in [0.15, 0.2) is 0 Å². The average molecular weight is 226 g/mol. The van der Waals surface area contributed by atoms with E-state index in [1.807, 2.05) is 26.4 Å². The van der Waals surface area contributed by atoms with E-state index in [-0.39, 0.29) is 24.6 Å². The van der Waals surface area contributed by atoms with Crippen LogP contribution in [0.25, 0.3) is 0 Å². The molecule has 0 radical (unpaired) electrons. The van der Waals surface area contributed by atoms with E-state index in [0.717, 1.165) is 5.56 Å². The Morgan fingerprint density at radius 2 is 2.25 bits per heavy atom. The molecule has 3 atom stereocenters. The molecular weight excluding hydrogens is 204 g/mol. The van der Waals surface area contributed by atoms with Gasteiger partial charge >= 0.3 is 0 Å². The van der Waals surface area contributed by atoms with Gasteiger partial charge in [0.25, 0.3) is 0 Å². The average Bonchev–Trinajstić information content (AvgIpc) is 2.71. The highest BCUT2D eigenvalue weighted by Gasteiger charge is 2.17. The van der Waals surface area contributed by atoms with Crippen LogP contribution in [0.4, 0.5) is 0 Å². The van der Waals surface area contributed by atoms with Crippen molar-refractivity contribution in [3.63, 3.8) is 0 Å². The topological polar surface area (TPSA) is 76.1 Å². The summed E-state index contributed by atoms with van der Waals surface area (Å²) in [6.07, 6.45) is 3.78. The maximum absolute atomic E-state index is 9.08. The van der Waals surface area contributed by atoms with E-state index < -0.39 is 0 Å². The van der Waals surface area contributed by atoms with Crippen molar-refractivity contribution >= 4 is 0 Å². The molecule has 1 heterocycles. The van der Waals surface area contributed by atoms with Crippen molar-refractivity contribution in [2.45, 2.75) is 25.9 Å². The zero-order valence-electron chi connectivity index (χ0n) is 10.2. The van der Waals surface area contributed by atoms with Crippen LogP contribution in [0, 0.1) is 5.92 Å². The molecule has 1 aromatic heterocycles. The number of rotatable bonds is 6. The molecule has 4 N–H and O–H groups in total. The molecule has 0 aliphatic rings. The largest absolute Gasteiger partial charge is 0.396 e. The highest BCUT2D eigenvalue weighted by molar-refractivity contribution is 5.11. The number of aliphatic hydroxyl groups is 1. The van der Waals surface area contributed by atoms with Gasteiger partial charge in [0.1, 0.15) is 0 Å². The second-order valence-corrected chi connectivity index (χ2v) is 4.35. The van der Waals surface area contributed by atoms with Gasteiger partial charge in [-0.2, -0.15) is 5.10 Å². The van der Waals surface area contributed by atoms with Crippen molar-refractivity contribution in [3.05, 3.63) is 18.0 Å². The van der Waals surface area contributed by atoms with Crippen molar-refractivity contribution in [2.75, 3.05) is 13.2 Å². The molecule has 16 heavy (non-hydrogen) atoms. The van der Waals surface area contributed by atoms with Gasteiger partial charge in [-0.3, -0.25) is 4.68 Å². The summed E-state index contributed by atoms with van der Waals surface area (Å²) < 4.78 is 1.76. The Kier molecular flexibility index (Phi) is 4.92. The molecule has 5 heteroatoms. The molecule has 0 spiro atoms. The van der Waals surface area contributed by atoms with Crippen LogP contribution >= 0.6 is 0 Å². The summed E-state index contributed by atoms with van der Waals surface area (Å²) in [6, 6.07) is 0.316. The molecule has 0 saturated heterocycles. The molecule has 5 nitrogen and oxygen atoms in total. The number of hydrogen-bond acceptors (Lipinski definition) is 4. The predicted molar refractivity (Wildman–Crippen MR) is 63.9 cm³/mol. The zero-order valence-corrected chi connectivity index (χ0v) is 10.2. The van der Waals surface area contributed by atoms with Crippen LogP contribution in [0.5, 0.6) is 0 Å². The summed E-state index contributed by atoms with van der Waals surface area (Å²) >= 11 is 0. The Morgan fingerprint density at radius 1 is 1.56 bits per heavy atom. The van der Waals surface area contributed by atoms with Gasteiger partial charge in [0.2, 0.25) is 0 Å². The molecular formula is C11H22N4O. The van der Waals surface area contributed by atoms with Crippen molar-refractivity contribution < 1.29 is 5.11 Å². The van der Waals surface area contributed by atoms with Crippen molar-refractivity contribution in [3.8, 4) is 0 Å². The second kappa shape index (κ2) is 5.98. The van der Waals surface area contributed by atoms with Crippen LogP contribution in [0.1, 0.15) is 25.5 Å². The fourth-order valence-corrected chi connectivity index (χ4v) is 1.56. The number of nitrogens with two attached hydrogens (primary N) is 1. The van der Waals surface area contributed by atoms with Gasteiger partial charge in [-0.1, -0.05) is 6.92 Å². The number of aliphatic hydroxyl groups excluding tert-OH is 1. The van der Waals surface area contributed by atoms with Crippen LogP contribution < -0.4 is 11.1 Å². The molecule has 0 bridgehead atoms. The molecule has 92 valence electrons. The fourth-order valence-electron chi connectivity index (χ4n) is 1.56. The van der Waals surface area contributed by atoms with Crippen LogP contribution in [-0.4, -0.2) is 34.1 Å². The monoisotopic (exact) mass is 226 g/mol. The Morgan fingerprint density at radius 3 is 2.69 bits per heavy atom. The smallest absolute Gasteiger partial charge is 0.0538 e. The molecule has 0 aliphatic heterocycles. The van der Waals surface area contributed by atoms with E-state index in [4.69, 9.17) is 10.8 Å². The third-order valence-corrected chi connectivity index (χ3v) is 2.97. The molecule has 0 saturated carbocycles. The van der Waals surface area contributed by atoms with E-state index in [1.54, 1.807) is 4.68 Å². The zero-order chi connectivity index (χ0) is 12.1. The molecule has 1 aromatic rings. The lowest BCUT2D eigenvalue weighted by molar-refractivity contribution is 0.201. The van der Waals surface area contributed by atoms with E-state index in [2.05, 4.69) is 17.3 Å². The van der Waals surface area contributed by atoms with Gasteiger partial charge in [-0.25, -0.2) is 0 Å². The summed E-state index contributed by atoms with van der Waals surface area (Å²) in [7, 11) is 1.89. The van der Waals surface area contributed by atoms with E-state index in [0.29, 0.717) is 6.54 Å². The van der Waals surface area contributed by atoms with Crippen LogP contribution in [0.15, 0.2) is 12.4 Å². The Bertz CT molecular complexity index is 313. The maximum atomic E-state index is 9.08. The first-order chi connectivity index (χ1) is 7.58. The minimum absolute atomic E-state index is 0.0951. The Balaban J connectivity index is 2.62. The molecule has 0 aliphatic carbocycles. The van der Waals surface area contributed by atoms with Gasteiger partial charge in [0.05, 0.1) is 6.20 Å². The number of nitrogens with zero attached hydrogens (tertiary/aromatic N) is 2. The number of aromatic nitrogens is 2. The van der Waals surface area contributed by atoms with Crippen LogP contribution in [0.3, 0.4) is 0 Å². The SMILES string of the molecule is CC(CO)C(C)NC(CN)c1cnn(C)c1. The number of hydrogen-bond donors (Lipinski definition) is 3. The minimum atomic E-state index is 0.0951. The van der Waals surface area contributed by atoms with Crippen LogP contribution in [0.2, 0.25) is 0 Å². The minimum Gasteiger partial charge on any atom is -0.396 e. The highest BCUT2D eigenvalue weighted by Crippen LogP contribution is 2.13. The normalized spacial score (nSPS) is 17.1. The Labute approximate surface area is 96.6 Å². The number of aryl methyl sites for hydroxylation is 1. The molecule has 0 amide bonds. The first-order valence-electron chi connectivity index (χ1n) is 5.64. The van der Waals surface area contributed by atoms with E-state index >= 15 is 0 Å². The number of nitrogens with one attached hydrogen (secondary N) is 1. The van der Waals surface area contributed by atoms with Crippen molar-refractivity contribution in [1.82, 2.24) is 15.1 Å². The van der Waals surface area contributed by atoms with Crippen molar-refractivity contribution in [2.24, 2.45) is 18.7 Å². The fraction of sp³-hybridized carbons (Fsp3) is 0.727. The summed E-state index contributed by atoms with van der Waals surface area (Å²) in [6.45, 7) is 4.76. The third kappa shape index (κ3) is 3.30. The first kappa shape index (κ1) is 13.2. The Hall–Kier alpha value is -0.910. The second-order valence-electron chi connectivity index (χ2n) is 4.35. The first-order valence-corrected chi connectivity index (χ1v) is 5.64. The van der Waals surface area contributed by atoms with Gasteiger partial charge in [0, 0.05) is 44.0 Å². The summed E-state index contributed by atoms with van der Waals surface area (Å²) in [5.74, 6) is 0.214. The van der Waals surface area contributed by atoms with Crippen molar-refractivity contribution in [1.29, 1.82) is 0 Å². The summed E-state index contributed by atoms with van der Waals surface area (Å²) in [5, 5.41) is 16.6. The molecule has 0 fully saturated rings. The lowest BCUT2D eigenvalue weighted by Gasteiger charge is -2.25. The lowest BCUT2D eigenvalue weighted by atomic mass is 10.0. The summed E-state index contributed by atoms with van der Waals surface area (Å²) in [4.78, 5) is 0. The van der Waals surface area contributed by atoms with Gasteiger partial charge in [-0.05, 0) is 12.8 Å². The van der Waals surface area contributed by atoms with E-state index in [9.17, 15) is 0 Å². The highest BCUT2D eigenvalue weighted by atomic mass is 16.3.